The summed E-state index contributed by atoms with van der Waals surface area (Å²) in [5.41, 5.74) is 1.16. The van der Waals surface area contributed by atoms with E-state index >= 15 is 0 Å². The molecule has 0 aliphatic heterocycles. The largest absolute Gasteiger partial charge is 0.309 e. The molecule has 1 N–H and O–H groups in total. The Bertz CT molecular complexity index is 350. The highest BCUT2D eigenvalue weighted by Crippen LogP contribution is 2.16. The number of rotatable bonds is 8. The normalized spacial score (nSPS) is 14.6. The molecule has 0 bridgehead atoms. The van der Waals surface area contributed by atoms with Gasteiger partial charge in [0, 0.05) is 25.2 Å². The van der Waals surface area contributed by atoms with Crippen LogP contribution >= 0.6 is 0 Å². The maximum absolute atomic E-state index is 12.9. The first-order valence-electron chi connectivity index (χ1n) is 7.27. The van der Waals surface area contributed by atoms with Gasteiger partial charge in [-0.1, -0.05) is 26.0 Å². The molecule has 2 nitrogen and oxygen atoms in total. The number of hydrogen-bond donors (Lipinski definition) is 1. The lowest BCUT2D eigenvalue weighted by molar-refractivity contribution is 0.248. The average Bonchev–Trinajstić information content (AvgIpc) is 2.43. The summed E-state index contributed by atoms with van der Waals surface area (Å²) in [5, 5.41) is 3.55. The molecule has 0 radical (unpaired) electrons. The second-order valence-corrected chi connectivity index (χ2v) is 5.20. The number of hydrogen-bond acceptors (Lipinski definition) is 2. The summed E-state index contributed by atoms with van der Waals surface area (Å²) >= 11 is 0. The first kappa shape index (κ1) is 16.1. The van der Waals surface area contributed by atoms with E-state index in [-0.39, 0.29) is 5.82 Å². The fourth-order valence-corrected chi connectivity index (χ4v) is 2.14. The predicted molar refractivity (Wildman–Crippen MR) is 79.8 cm³/mol. The third-order valence-electron chi connectivity index (χ3n) is 3.88. The van der Waals surface area contributed by atoms with Crippen LogP contribution in [-0.2, 0) is 0 Å². The van der Waals surface area contributed by atoms with Gasteiger partial charge in [-0.15, -0.1) is 0 Å². The minimum atomic E-state index is -0.171. The third kappa shape index (κ3) is 5.29. The minimum absolute atomic E-state index is 0.171. The zero-order valence-electron chi connectivity index (χ0n) is 12.6. The van der Waals surface area contributed by atoms with E-state index in [0.29, 0.717) is 12.1 Å². The van der Waals surface area contributed by atoms with Gasteiger partial charge in [-0.25, -0.2) is 4.39 Å². The van der Waals surface area contributed by atoms with Gasteiger partial charge in [0.15, 0.2) is 0 Å². The van der Waals surface area contributed by atoms with Crippen LogP contribution in [0.4, 0.5) is 4.39 Å². The Labute approximate surface area is 117 Å². The third-order valence-corrected chi connectivity index (χ3v) is 3.88. The van der Waals surface area contributed by atoms with Gasteiger partial charge in [-0.05, 0) is 44.5 Å². The van der Waals surface area contributed by atoms with E-state index in [1.54, 1.807) is 0 Å². The van der Waals surface area contributed by atoms with Crippen LogP contribution in [0, 0.1) is 5.82 Å². The van der Waals surface area contributed by atoms with Gasteiger partial charge in [-0.2, -0.15) is 0 Å². The van der Waals surface area contributed by atoms with Gasteiger partial charge in [0.2, 0.25) is 0 Å². The van der Waals surface area contributed by atoms with Crippen molar-refractivity contribution in [3.05, 3.63) is 35.6 Å². The molecule has 2 atom stereocenters. The maximum Gasteiger partial charge on any atom is 0.123 e. The van der Waals surface area contributed by atoms with Crippen molar-refractivity contribution in [1.82, 2.24) is 10.2 Å². The molecule has 1 aromatic carbocycles. The first-order chi connectivity index (χ1) is 9.08. The SMILES string of the molecule is CCC(NCCN(C)C(C)CC)c1ccc(F)cc1. The fourth-order valence-electron chi connectivity index (χ4n) is 2.14. The molecule has 0 fully saturated rings. The second kappa shape index (κ2) is 8.28. The van der Waals surface area contributed by atoms with Crippen molar-refractivity contribution < 1.29 is 4.39 Å². The van der Waals surface area contributed by atoms with Crippen molar-refractivity contribution in [2.75, 3.05) is 20.1 Å². The van der Waals surface area contributed by atoms with E-state index in [1.807, 2.05) is 12.1 Å². The summed E-state index contributed by atoms with van der Waals surface area (Å²) in [7, 11) is 2.16. The quantitative estimate of drug-likeness (QED) is 0.773. The van der Waals surface area contributed by atoms with Crippen LogP contribution in [0.2, 0.25) is 0 Å². The van der Waals surface area contributed by atoms with Crippen molar-refractivity contribution in [3.8, 4) is 0 Å². The summed E-state index contributed by atoms with van der Waals surface area (Å²) in [6.45, 7) is 8.60. The topological polar surface area (TPSA) is 15.3 Å². The number of benzene rings is 1. The molecule has 0 spiro atoms. The van der Waals surface area contributed by atoms with Gasteiger partial charge < -0.3 is 10.2 Å². The Kier molecular flexibility index (Phi) is 7.03. The van der Waals surface area contributed by atoms with Gasteiger partial charge >= 0.3 is 0 Å². The highest BCUT2D eigenvalue weighted by Gasteiger charge is 2.10. The molecule has 19 heavy (non-hydrogen) atoms. The van der Waals surface area contributed by atoms with Crippen molar-refractivity contribution in [3.63, 3.8) is 0 Å². The molecule has 3 heteroatoms. The Balaban J connectivity index is 2.43. The predicted octanol–water partition coefficient (Wildman–Crippen LogP) is 3.60. The molecule has 108 valence electrons. The van der Waals surface area contributed by atoms with Crippen molar-refractivity contribution in [2.45, 2.75) is 45.7 Å². The Morgan fingerprint density at radius 2 is 1.79 bits per heavy atom. The monoisotopic (exact) mass is 266 g/mol. The first-order valence-corrected chi connectivity index (χ1v) is 7.27. The summed E-state index contributed by atoms with van der Waals surface area (Å²) in [6.07, 6.45) is 2.18. The maximum atomic E-state index is 12.9. The fraction of sp³-hybridized carbons (Fsp3) is 0.625. The highest BCUT2D eigenvalue weighted by atomic mass is 19.1. The molecule has 0 aliphatic rings. The molecule has 0 aliphatic carbocycles. The van der Waals surface area contributed by atoms with Crippen LogP contribution in [0.25, 0.3) is 0 Å². The van der Waals surface area contributed by atoms with Crippen molar-refractivity contribution in [1.29, 1.82) is 0 Å². The Morgan fingerprint density at radius 1 is 1.16 bits per heavy atom. The van der Waals surface area contributed by atoms with Crippen LogP contribution in [0.15, 0.2) is 24.3 Å². The van der Waals surface area contributed by atoms with E-state index in [2.05, 4.69) is 38.0 Å². The summed E-state index contributed by atoms with van der Waals surface area (Å²) in [6, 6.07) is 7.73. The molecule has 2 unspecified atom stereocenters. The molecule has 1 rings (SSSR count). The van der Waals surface area contributed by atoms with Crippen LogP contribution in [0.5, 0.6) is 0 Å². The van der Waals surface area contributed by atoms with E-state index in [0.717, 1.165) is 25.1 Å². The molecule has 0 heterocycles. The molecule has 0 amide bonds. The lowest BCUT2D eigenvalue weighted by Crippen LogP contribution is -2.36. The molecule has 1 aromatic rings. The lowest BCUT2D eigenvalue weighted by atomic mass is 10.0. The van der Waals surface area contributed by atoms with E-state index in [1.165, 1.54) is 18.6 Å². The highest BCUT2D eigenvalue weighted by molar-refractivity contribution is 5.19. The summed E-state index contributed by atoms with van der Waals surface area (Å²) < 4.78 is 12.9. The lowest BCUT2D eigenvalue weighted by Gasteiger charge is -2.25. The molecule has 0 aromatic heterocycles. The van der Waals surface area contributed by atoms with Gasteiger partial charge in [0.1, 0.15) is 5.82 Å². The number of nitrogens with zero attached hydrogens (tertiary/aromatic N) is 1. The average molecular weight is 266 g/mol. The molecular weight excluding hydrogens is 239 g/mol. The standard InChI is InChI=1S/C16H27FN2/c1-5-13(3)19(4)12-11-18-16(6-2)14-7-9-15(17)10-8-14/h7-10,13,16,18H,5-6,11-12H2,1-4H3. The van der Waals surface area contributed by atoms with Crippen molar-refractivity contribution >= 4 is 0 Å². The van der Waals surface area contributed by atoms with E-state index in [9.17, 15) is 4.39 Å². The van der Waals surface area contributed by atoms with E-state index in [4.69, 9.17) is 0 Å². The molecule has 0 saturated carbocycles. The van der Waals surface area contributed by atoms with Crippen LogP contribution in [0.3, 0.4) is 0 Å². The molecule has 0 saturated heterocycles. The van der Waals surface area contributed by atoms with Crippen LogP contribution in [-0.4, -0.2) is 31.1 Å². The number of likely N-dealkylation sites (N-methyl/N-ethyl adjacent to an activating group) is 1. The summed E-state index contributed by atoms with van der Waals surface area (Å²) in [5.74, 6) is -0.171. The smallest absolute Gasteiger partial charge is 0.123 e. The van der Waals surface area contributed by atoms with Gasteiger partial charge in [0.05, 0.1) is 0 Å². The Morgan fingerprint density at radius 3 is 2.32 bits per heavy atom. The van der Waals surface area contributed by atoms with Crippen LogP contribution in [0.1, 0.15) is 45.2 Å². The zero-order valence-corrected chi connectivity index (χ0v) is 12.6. The Hall–Kier alpha value is -0.930. The van der Waals surface area contributed by atoms with Gasteiger partial charge in [-0.3, -0.25) is 0 Å². The number of halogens is 1. The number of nitrogens with one attached hydrogen (secondary N) is 1. The van der Waals surface area contributed by atoms with Crippen molar-refractivity contribution in [2.24, 2.45) is 0 Å². The van der Waals surface area contributed by atoms with E-state index < -0.39 is 0 Å². The van der Waals surface area contributed by atoms with Crippen LogP contribution < -0.4 is 5.32 Å². The molecular formula is C16H27FN2. The second-order valence-electron chi connectivity index (χ2n) is 5.20. The van der Waals surface area contributed by atoms with Gasteiger partial charge in [0.25, 0.3) is 0 Å². The summed E-state index contributed by atoms with van der Waals surface area (Å²) in [4.78, 5) is 2.37. The minimum Gasteiger partial charge on any atom is -0.309 e. The zero-order chi connectivity index (χ0) is 14.3.